The lowest BCUT2D eigenvalue weighted by Crippen LogP contribution is -2.59. The van der Waals surface area contributed by atoms with Crippen LogP contribution in [0.3, 0.4) is 0 Å². The molecule has 3 aliphatic rings. The van der Waals surface area contributed by atoms with Crippen LogP contribution < -0.4 is 10.6 Å². The van der Waals surface area contributed by atoms with Crippen LogP contribution >= 0.6 is 0 Å². The van der Waals surface area contributed by atoms with Gasteiger partial charge in [-0.15, -0.1) is 0 Å². The monoisotopic (exact) mass is 450 g/mol. The fourth-order valence-corrected chi connectivity index (χ4v) is 4.90. The highest BCUT2D eigenvalue weighted by Gasteiger charge is 2.47. The summed E-state index contributed by atoms with van der Waals surface area (Å²) in [4.78, 5) is 36.6. The minimum atomic E-state index is -1.21. The number of rotatable bonds is 7. The van der Waals surface area contributed by atoms with Crippen molar-refractivity contribution in [1.29, 1.82) is 0 Å². The van der Waals surface area contributed by atoms with Gasteiger partial charge in [-0.25, -0.2) is 4.79 Å². The molecule has 1 saturated heterocycles. The Kier molecular flexibility index (Phi) is 5.54. The van der Waals surface area contributed by atoms with Crippen molar-refractivity contribution >= 4 is 18.0 Å². The van der Waals surface area contributed by atoms with Gasteiger partial charge in [0.15, 0.2) is 0 Å². The third-order valence-electron chi connectivity index (χ3n) is 6.91. The van der Waals surface area contributed by atoms with E-state index in [1.54, 1.807) is 0 Å². The van der Waals surface area contributed by atoms with Gasteiger partial charge in [-0.05, 0) is 34.6 Å². The summed E-state index contributed by atoms with van der Waals surface area (Å²) in [6.07, 6.45) is 0.210. The molecule has 2 amide bonds. The Labute approximate surface area is 191 Å². The molecule has 2 aromatic carbocycles. The van der Waals surface area contributed by atoms with E-state index < -0.39 is 23.5 Å². The standard InChI is InChI=1S/C25H26N2O6/c28-22(29)20-11-15(20)12-26-23(30)25(9-10-32-14-25)27-24(31)33-13-21-18-7-3-1-5-16(18)17-6-2-4-8-19(17)21/h1-8,15,20-21H,9-14H2,(H,26,30)(H,27,31)(H,28,29)/t15-,20-,25?/m0/s1. The highest BCUT2D eigenvalue weighted by atomic mass is 16.6. The van der Waals surface area contributed by atoms with E-state index >= 15 is 0 Å². The van der Waals surface area contributed by atoms with Crippen molar-refractivity contribution in [1.82, 2.24) is 10.6 Å². The third kappa shape index (κ3) is 4.06. The number of hydrogen-bond acceptors (Lipinski definition) is 5. The van der Waals surface area contributed by atoms with Gasteiger partial charge in [0, 0.05) is 25.5 Å². The molecule has 33 heavy (non-hydrogen) atoms. The topological polar surface area (TPSA) is 114 Å². The van der Waals surface area contributed by atoms with Crippen molar-refractivity contribution in [3.05, 3.63) is 59.7 Å². The first-order valence-electron chi connectivity index (χ1n) is 11.2. The fraction of sp³-hybridized carbons (Fsp3) is 0.400. The zero-order chi connectivity index (χ0) is 23.0. The minimum Gasteiger partial charge on any atom is -0.481 e. The maximum atomic E-state index is 12.9. The maximum Gasteiger partial charge on any atom is 0.408 e. The molecule has 3 atom stereocenters. The smallest absolute Gasteiger partial charge is 0.408 e. The Morgan fingerprint density at radius 3 is 2.30 bits per heavy atom. The first kappa shape index (κ1) is 21.5. The number of aliphatic carboxylic acids is 1. The first-order chi connectivity index (χ1) is 16.0. The third-order valence-corrected chi connectivity index (χ3v) is 6.91. The highest BCUT2D eigenvalue weighted by Crippen LogP contribution is 2.44. The van der Waals surface area contributed by atoms with E-state index in [9.17, 15) is 14.4 Å². The van der Waals surface area contributed by atoms with Crippen molar-refractivity contribution < 1.29 is 29.0 Å². The average molecular weight is 450 g/mol. The second kappa shape index (κ2) is 8.51. The number of carboxylic acids is 1. The molecule has 0 spiro atoms. The summed E-state index contributed by atoms with van der Waals surface area (Å²) in [5.41, 5.74) is 3.29. The lowest BCUT2D eigenvalue weighted by molar-refractivity contribution is -0.139. The quantitative estimate of drug-likeness (QED) is 0.597. The minimum absolute atomic E-state index is 0.0516. The van der Waals surface area contributed by atoms with Crippen molar-refractivity contribution in [3.63, 3.8) is 0 Å². The summed E-state index contributed by atoms with van der Waals surface area (Å²) in [6, 6.07) is 16.2. The molecule has 2 fully saturated rings. The van der Waals surface area contributed by atoms with Gasteiger partial charge in [0.25, 0.3) is 0 Å². The SMILES string of the molecule is O=C(NC1(C(=O)NC[C@@H]2C[C@@H]2C(=O)O)CCOC1)OCC1c2ccccc2-c2ccccc21. The Balaban J connectivity index is 1.22. The van der Waals surface area contributed by atoms with Crippen LogP contribution in [0.25, 0.3) is 11.1 Å². The fourth-order valence-electron chi connectivity index (χ4n) is 4.90. The zero-order valence-electron chi connectivity index (χ0n) is 18.1. The second-order valence-electron chi connectivity index (χ2n) is 8.99. The molecule has 2 aromatic rings. The van der Waals surface area contributed by atoms with Gasteiger partial charge in [-0.2, -0.15) is 0 Å². The normalized spacial score (nSPS) is 25.1. The van der Waals surface area contributed by atoms with Crippen LogP contribution in [0.5, 0.6) is 0 Å². The van der Waals surface area contributed by atoms with Crippen LogP contribution in [0.4, 0.5) is 4.79 Å². The summed E-state index contributed by atoms with van der Waals surface area (Å²) >= 11 is 0. The molecular formula is C25H26N2O6. The van der Waals surface area contributed by atoms with Gasteiger partial charge in [0.2, 0.25) is 5.91 Å². The number of alkyl carbamates (subject to hydrolysis) is 1. The molecular weight excluding hydrogens is 424 g/mol. The summed E-state index contributed by atoms with van der Waals surface area (Å²) in [5.74, 6) is -1.76. The van der Waals surface area contributed by atoms with Gasteiger partial charge in [-0.3, -0.25) is 9.59 Å². The lowest BCUT2D eigenvalue weighted by atomic mass is 9.97. The Morgan fingerprint density at radius 2 is 1.73 bits per heavy atom. The summed E-state index contributed by atoms with van der Waals surface area (Å²) < 4.78 is 11.0. The molecule has 5 rings (SSSR count). The highest BCUT2D eigenvalue weighted by molar-refractivity contribution is 5.90. The van der Waals surface area contributed by atoms with Crippen LogP contribution in [-0.2, 0) is 19.1 Å². The second-order valence-corrected chi connectivity index (χ2v) is 8.99. The predicted molar refractivity (Wildman–Crippen MR) is 119 cm³/mol. The van der Waals surface area contributed by atoms with Crippen LogP contribution in [0.15, 0.2) is 48.5 Å². The number of amides is 2. The lowest BCUT2D eigenvalue weighted by Gasteiger charge is -2.27. The number of ether oxygens (including phenoxy) is 2. The summed E-state index contributed by atoms with van der Waals surface area (Å²) in [6.45, 7) is 0.818. The van der Waals surface area contributed by atoms with Crippen molar-refractivity contribution in [2.45, 2.75) is 24.3 Å². The molecule has 8 nitrogen and oxygen atoms in total. The van der Waals surface area contributed by atoms with Crippen LogP contribution in [0, 0.1) is 11.8 Å². The summed E-state index contributed by atoms with van der Waals surface area (Å²) in [5, 5.41) is 14.6. The van der Waals surface area contributed by atoms with Crippen molar-refractivity contribution in [2.75, 3.05) is 26.4 Å². The number of nitrogens with one attached hydrogen (secondary N) is 2. The van der Waals surface area contributed by atoms with Crippen molar-refractivity contribution in [2.24, 2.45) is 11.8 Å². The van der Waals surface area contributed by atoms with E-state index in [-0.39, 0.29) is 37.5 Å². The number of carboxylic acid groups (broad SMARTS) is 1. The Hall–Kier alpha value is -3.39. The number of carbonyl (C=O) groups is 3. The predicted octanol–water partition coefficient (Wildman–Crippen LogP) is 2.52. The summed E-state index contributed by atoms with van der Waals surface area (Å²) in [7, 11) is 0. The Bertz CT molecular complexity index is 1050. The molecule has 0 radical (unpaired) electrons. The Morgan fingerprint density at radius 1 is 1.06 bits per heavy atom. The zero-order valence-corrected chi connectivity index (χ0v) is 18.1. The molecule has 8 heteroatoms. The van der Waals surface area contributed by atoms with E-state index in [0.717, 1.165) is 22.3 Å². The number of fused-ring (bicyclic) bond motifs is 3. The van der Waals surface area contributed by atoms with Gasteiger partial charge < -0.3 is 25.2 Å². The van der Waals surface area contributed by atoms with E-state index in [4.69, 9.17) is 14.6 Å². The van der Waals surface area contributed by atoms with Gasteiger partial charge >= 0.3 is 12.1 Å². The molecule has 1 unspecified atom stereocenters. The molecule has 1 aliphatic heterocycles. The molecule has 2 aliphatic carbocycles. The van der Waals surface area contributed by atoms with E-state index in [2.05, 4.69) is 22.8 Å². The molecule has 3 N–H and O–H groups in total. The number of hydrogen-bond donors (Lipinski definition) is 3. The molecule has 0 aromatic heterocycles. The maximum absolute atomic E-state index is 12.9. The van der Waals surface area contributed by atoms with E-state index in [1.807, 2.05) is 36.4 Å². The molecule has 172 valence electrons. The van der Waals surface area contributed by atoms with Crippen LogP contribution in [0.2, 0.25) is 0 Å². The molecule has 1 saturated carbocycles. The van der Waals surface area contributed by atoms with E-state index in [0.29, 0.717) is 19.4 Å². The van der Waals surface area contributed by atoms with Crippen LogP contribution in [0.1, 0.15) is 29.9 Å². The van der Waals surface area contributed by atoms with Crippen molar-refractivity contribution in [3.8, 4) is 11.1 Å². The van der Waals surface area contributed by atoms with Gasteiger partial charge in [0.1, 0.15) is 12.1 Å². The average Bonchev–Trinajstić information content (AvgIpc) is 3.34. The van der Waals surface area contributed by atoms with Gasteiger partial charge in [-0.1, -0.05) is 48.5 Å². The van der Waals surface area contributed by atoms with Crippen LogP contribution in [-0.4, -0.2) is 55.0 Å². The first-order valence-corrected chi connectivity index (χ1v) is 11.2. The van der Waals surface area contributed by atoms with Gasteiger partial charge in [0.05, 0.1) is 12.5 Å². The number of carbonyl (C=O) groups excluding carboxylic acids is 2. The number of benzene rings is 2. The molecule has 0 bridgehead atoms. The van der Waals surface area contributed by atoms with E-state index in [1.165, 1.54) is 0 Å². The molecule has 1 heterocycles. The largest absolute Gasteiger partial charge is 0.481 e.